The van der Waals surface area contributed by atoms with Crippen LogP contribution >= 0.6 is 23.2 Å². The highest BCUT2D eigenvalue weighted by atomic mass is 35.5. The molecule has 12 N–H and O–H groups in total. The molecule has 0 aliphatic carbocycles. The Kier molecular flexibility index (Phi) is 35.9. The van der Waals surface area contributed by atoms with Crippen molar-refractivity contribution in [3.05, 3.63) is 287 Å². The fourth-order valence-electron chi connectivity index (χ4n) is 13.4. The SMILES string of the molecule is C=Cc1ccc(Nc2nc(Nc3ccc(C=C)cc3)nc(C(C)C)n2)cc1.CC(C)c1nc(Nc2ccc(N(C)C)cc2)nc(Nc2ccc(N(C)C)cc2)n1.CC(C)c1nc(Nc2nc3ccccc3[nH]2)nc(Nc2nc3ccccc3[nH]2)n1.COc1cc(Nc2nc(Nc3cc(OC)c(Cl)cc3OC)nc(C(C)C)n2)c(C)cc1Cl.COc1ccc(Nc2nc(Nc3ccc(OC)cc3)nc(C(C)C)n2)cc1. The molecule has 0 unspecified atom stereocenters. The van der Waals surface area contributed by atoms with Crippen LogP contribution in [0.4, 0.5) is 128 Å². The van der Waals surface area contributed by atoms with E-state index in [0.717, 1.165) is 113 Å². The zero-order valence-electron chi connectivity index (χ0n) is 84.0. The topological polar surface area (TPSA) is 424 Å². The lowest BCUT2D eigenvalue weighted by molar-refractivity contribution is 0.405. The average Bonchev–Trinajstić information content (AvgIpc) is 1.56. The normalized spacial score (nSPS) is 10.8. The van der Waals surface area contributed by atoms with Gasteiger partial charge in [0.2, 0.25) is 71.4 Å². The van der Waals surface area contributed by atoms with Gasteiger partial charge in [-0.15, -0.1) is 0 Å². The molecule has 17 rings (SSSR count). The first-order valence-electron chi connectivity index (χ1n) is 46.3. The van der Waals surface area contributed by atoms with Gasteiger partial charge < -0.3 is 86.0 Å². The summed E-state index contributed by atoms with van der Waals surface area (Å²) in [7, 11) is 16.0. The van der Waals surface area contributed by atoms with Crippen molar-refractivity contribution in [3.8, 4) is 28.7 Å². The van der Waals surface area contributed by atoms with Crippen LogP contribution in [0, 0.1) is 6.92 Å². The van der Waals surface area contributed by atoms with Gasteiger partial charge >= 0.3 is 0 Å². The third kappa shape index (κ3) is 29.5. The maximum Gasteiger partial charge on any atom is 0.234 e. The molecule has 0 spiro atoms. The van der Waals surface area contributed by atoms with Crippen LogP contribution in [0.2, 0.25) is 10.0 Å². The summed E-state index contributed by atoms with van der Waals surface area (Å²) in [4.78, 5) is 87.5. The highest BCUT2D eigenvalue weighted by Gasteiger charge is 2.21. The largest absolute Gasteiger partial charge is 0.497 e. The van der Waals surface area contributed by atoms with Gasteiger partial charge in [-0.2, -0.15) is 74.8 Å². The van der Waals surface area contributed by atoms with Crippen molar-refractivity contribution in [1.82, 2.24) is 94.7 Å². The molecule has 0 amide bonds. The third-order valence-corrected chi connectivity index (χ3v) is 21.9. The lowest BCUT2D eigenvalue weighted by Crippen LogP contribution is -2.10. The Labute approximate surface area is 847 Å². The first-order chi connectivity index (χ1) is 69.3. The van der Waals surface area contributed by atoms with Crippen molar-refractivity contribution in [2.45, 2.75) is 106 Å². The zero-order chi connectivity index (χ0) is 103. The van der Waals surface area contributed by atoms with Gasteiger partial charge in [-0.3, -0.25) is 10.6 Å². The molecule has 0 aliphatic rings. The number of hydrogen-bond donors (Lipinski definition) is 12. The fourth-order valence-corrected chi connectivity index (χ4v) is 13.9. The molecule has 0 bridgehead atoms. The van der Waals surface area contributed by atoms with E-state index in [4.69, 9.17) is 46.9 Å². The minimum absolute atomic E-state index is 0.0709. The van der Waals surface area contributed by atoms with Gasteiger partial charge in [0.15, 0.2) is 0 Å². The molecule has 17 aromatic rings. The number of aryl methyl sites for hydroxylation is 1. The molecule has 742 valence electrons. The van der Waals surface area contributed by atoms with E-state index in [0.29, 0.717) is 122 Å². The van der Waals surface area contributed by atoms with Gasteiger partial charge in [-0.25, -0.2) is 9.97 Å². The number of nitrogens with one attached hydrogen (secondary N) is 12. The minimum atomic E-state index is 0.0709. The number of nitrogens with zero attached hydrogens (tertiary/aromatic N) is 19. The van der Waals surface area contributed by atoms with Crippen molar-refractivity contribution in [2.24, 2.45) is 0 Å². The van der Waals surface area contributed by atoms with E-state index in [1.165, 1.54) is 0 Å². The van der Waals surface area contributed by atoms with E-state index < -0.39 is 0 Å². The Morgan fingerprint density at radius 3 is 0.812 bits per heavy atom. The maximum absolute atomic E-state index is 6.22. The number of methoxy groups -OCH3 is 5. The minimum Gasteiger partial charge on any atom is -0.497 e. The van der Waals surface area contributed by atoms with Crippen LogP contribution in [0.25, 0.3) is 34.2 Å². The molecule has 38 heteroatoms. The molecule has 36 nitrogen and oxygen atoms in total. The fraction of sp³-hybridized carbons (Fsp3) is 0.236. The van der Waals surface area contributed by atoms with Gasteiger partial charge in [0.05, 0.1) is 73.3 Å². The van der Waals surface area contributed by atoms with Crippen molar-refractivity contribution >= 4 is 186 Å². The molecule has 10 aromatic carbocycles. The summed E-state index contributed by atoms with van der Waals surface area (Å²) in [6.45, 7) is 29.9. The average molecular weight is 1980 g/mol. The van der Waals surface area contributed by atoms with Crippen molar-refractivity contribution in [2.75, 3.05) is 127 Å². The standard InChI is InChI=1S/C22H25Cl2N5O3.C22H29N7.C22H23N5.C20H19N9.C20H23N5O2/c1-11(2)20-27-21(25-15-9-17(30-4)13(23)7-12(15)3)29-22(28-20)26-16-10-18(31-5)14(24)8-19(16)32-6;1-15(2)20-25-21(23-16-7-11-18(12-8-16)28(3)4)27-22(26-20)24-17-9-13-19(14-10-17)29(5)6;1-5-16-7-11-18(12-8-16)23-21-25-20(15(3)4)26-22(27-21)24-19-13-9-17(6-2)10-14-19;1-11(2)16-25-19(27-17-21-12-7-3-4-8-13(12)22-17)29-20(26-16)28-18-23-14-9-5-6-10-15(14)24-18;1-13(2)18-23-19(21-14-5-9-16(26-3)10-6-14)25-20(24-18)22-15-7-11-17(27-4)12-8-15/h7-11H,1-6H3,(H2,25,26,27,28,29);7-15H,1-6H3,(H2,23,24,25,26,27);5-15H,1-2H2,3-4H3,(H2,23,24,25,26,27);3-11H,1-2H3,(H4,21,22,23,24,25,26,27,28,29);5-13H,1-4H3,(H2,21,22,23,24,25). The van der Waals surface area contributed by atoms with Crippen molar-refractivity contribution < 1.29 is 23.7 Å². The highest BCUT2D eigenvalue weighted by Crippen LogP contribution is 2.39. The zero-order valence-corrected chi connectivity index (χ0v) is 85.5. The summed E-state index contributed by atoms with van der Waals surface area (Å²) in [6.07, 6.45) is 3.62. The van der Waals surface area contributed by atoms with Crippen LogP contribution in [-0.2, 0) is 0 Å². The monoisotopic (exact) mass is 1980 g/mol. The Hall–Kier alpha value is -17.2. The summed E-state index contributed by atoms with van der Waals surface area (Å²) in [5, 5.41) is 33.2. The van der Waals surface area contributed by atoms with E-state index in [-0.39, 0.29) is 29.6 Å². The molecule has 0 fully saturated rings. The molecule has 7 heterocycles. The van der Waals surface area contributed by atoms with Gasteiger partial charge in [0, 0.05) is 127 Å². The smallest absolute Gasteiger partial charge is 0.234 e. The van der Waals surface area contributed by atoms with Crippen LogP contribution in [0.1, 0.15) is 145 Å². The molecule has 0 saturated heterocycles. The first-order valence-corrected chi connectivity index (χ1v) is 47.0. The summed E-state index contributed by atoms with van der Waals surface area (Å²) in [6, 6.07) is 69.9. The van der Waals surface area contributed by atoms with E-state index in [1.807, 2.05) is 265 Å². The predicted molar refractivity (Wildman–Crippen MR) is 582 cm³/mol. The van der Waals surface area contributed by atoms with Gasteiger partial charge in [-0.1, -0.05) is 166 Å². The Morgan fingerprint density at radius 2 is 0.542 bits per heavy atom. The summed E-state index contributed by atoms with van der Waals surface area (Å²) in [5.41, 5.74) is 15.7. The Morgan fingerprint density at radius 1 is 0.285 bits per heavy atom. The lowest BCUT2D eigenvalue weighted by Gasteiger charge is -2.16. The molecule has 0 aliphatic heterocycles. The van der Waals surface area contributed by atoms with Crippen LogP contribution < -0.4 is 86.7 Å². The van der Waals surface area contributed by atoms with E-state index in [1.54, 1.807) is 53.7 Å². The number of halogens is 2. The molecule has 0 atom stereocenters. The number of rotatable bonds is 34. The van der Waals surface area contributed by atoms with E-state index >= 15 is 0 Å². The van der Waals surface area contributed by atoms with Gasteiger partial charge in [0.1, 0.15) is 57.9 Å². The van der Waals surface area contributed by atoms with Gasteiger partial charge in [0.25, 0.3) is 0 Å². The number of para-hydroxylation sites is 4. The molecule has 0 saturated carbocycles. The van der Waals surface area contributed by atoms with Crippen LogP contribution in [-0.4, -0.2) is 158 Å². The quantitative estimate of drug-likeness (QED) is 0.0178. The second-order valence-electron chi connectivity index (χ2n) is 34.4. The number of fused-ring (bicyclic) bond motifs is 2. The third-order valence-electron chi connectivity index (χ3n) is 21.3. The predicted octanol–water partition coefficient (Wildman–Crippen LogP) is 25.2. The number of imidazole rings is 2. The molecule has 7 aromatic heterocycles. The number of ether oxygens (including phenoxy) is 5. The number of aromatic nitrogens is 19. The van der Waals surface area contributed by atoms with E-state index in [9.17, 15) is 0 Å². The van der Waals surface area contributed by atoms with Crippen molar-refractivity contribution in [3.63, 3.8) is 0 Å². The van der Waals surface area contributed by atoms with Crippen LogP contribution in [0.15, 0.2) is 232 Å². The number of H-pyrrole nitrogens is 2. The summed E-state index contributed by atoms with van der Waals surface area (Å²) in [5.74, 6) is 13.0. The molecule has 0 radical (unpaired) electrons. The summed E-state index contributed by atoms with van der Waals surface area (Å²) < 4.78 is 26.4. The van der Waals surface area contributed by atoms with Crippen molar-refractivity contribution in [1.29, 1.82) is 0 Å². The molecule has 144 heavy (non-hydrogen) atoms. The number of hydrogen-bond acceptors (Lipinski definition) is 34. The van der Waals surface area contributed by atoms with Crippen LogP contribution in [0.5, 0.6) is 28.7 Å². The van der Waals surface area contributed by atoms with Crippen LogP contribution in [0.3, 0.4) is 0 Å². The van der Waals surface area contributed by atoms with E-state index in [2.05, 4.69) is 223 Å². The summed E-state index contributed by atoms with van der Waals surface area (Å²) >= 11 is 12.4. The number of anilines is 22. The Balaban J connectivity index is 0.000000151. The lowest BCUT2D eigenvalue weighted by atomic mass is 10.2. The number of aromatic amines is 2. The Bertz CT molecular complexity index is 6770. The first kappa shape index (κ1) is 104. The highest BCUT2D eigenvalue weighted by molar-refractivity contribution is 6.32. The molecular weight excluding hydrogens is 1860 g/mol. The second-order valence-corrected chi connectivity index (χ2v) is 35.2. The van der Waals surface area contributed by atoms with Gasteiger partial charge in [-0.05, 0) is 175 Å². The molecular formula is C106H119Cl2N31O5. The maximum atomic E-state index is 6.22. The number of benzene rings is 10. The second kappa shape index (κ2) is 49.6.